The highest BCUT2D eigenvalue weighted by molar-refractivity contribution is 5.99. The highest BCUT2D eigenvalue weighted by Gasteiger charge is 2.52. The number of nitrogens with one attached hydrogen (secondary N) is 9. The molecule has 0 unspecified atom stereocenters. The van der Waals surface area contributed by atoms with E-state index in [-0.39, 0.29) is 11.3 Å². The van der Waals surface area contributed by atoms with Gasteiger partial charge in [-0.3, -0.25) is 43.2 Å². The SMILES string of the molecule is CC(=O)N[C@@H]1[C@@H](O[C@@H]2O[C@H](CO)[C@H](O)[C@H](O)[C@H]2O)[C@H](O)[C@@H](CO)O[C@H]1NC(=O)C[C@H](NC(=O)[C@@H](NC(=O)[C@@H](NC(=O)[C@@H](NC(=O)[C@H](CO)NC(=O)[C@H](C)N)[C@@H](C)O)[C@@H](C)O)[C@@H](C)O)C(=O)N[C@@H](Cc1ccc(O)cc1)C(=O)N[C@H](C(=O)O)[C@@H](C)O. The van der Waals surface area contributed by atoms with Gasteiger partial charge in [0.25, 0.3) is 0 Å². The number of phenols is 1. The highest BCUT2D eigenvalue weighted by atomic mass is 16.7. The van der Waals surface area contributed by atoms with Crippen molar-refractivity contribution in [3.8, 4) is 5.75 Å². The summed E-state index contributed by atoms with van der Waals surface area (Å²) in [5.74, 6) is -13.5. The molecule has 36 nitrogen and oxygen atoms in total. The largest absolute Gasteiger partial charge is 0.508 e. The number of carbonyl (C=O) groups excluding carboxylic acids is 9. The van der Waals surface area contributed by atoms with Gasteiger partial charge in [-0.05, 0) is 52.3 Å². The number of aromatic hydroxyl groups is 1. The molecule has 9 amide bonds. The van der Waals surface area contributed by atoms with Crippen molar-refractivity contribution < 1.29 is 129 Å². The van der Waals surface area contributed by atoms with Gasteiger partial charge in [0, 0.05) is 13.3 Å². The Morgan fingerprint density at radius 1 is 0.553 bits per heavy atom. The summed E-state index contributed by atoms with van der Waals surface area (Å²) in [6.07, 6.45) is -26.3. The first-order valence-corrected chi connectivity index (χ1v) is 26.4. The summed E-state index contributed by atoms with van der Waals surface area (Å²) in [7, 11) is 0. The Morgan fingerprint density at radius 2 is 0.988 bits per heavy atom. The van der Waals surface area contributed by atoms with Crippen LogP contribution in [0.5, 0.6) is 5.75 Å². The normalized spacial score (nSPS) is 26.4. The number of aliphatic hydroxyl groups excluding tert-OH is 11. The molecule has 1 aromatic rings. The maximum absolute atomic E-state index is 14.6. The number of aliphatic hydroxyl groups is 11. The molecule has 1 aromatic carbocycles. The average molecular weight is 1220 g/mol. The van der Waals surface area contributed by atoms with Gasteiger partial charge in [0.1, 0.15) is 90.8 Å². The van der Waals surface area contributed by atoms with E-state index in [9.17, 15) is 114 Å². The van der Waals surface area contributed by atoms with Crippen LogP contribution in [0.2, 0.25) is 0 Å². The molecule has 2 aliphatic rings. The van der Waals surface area contributed by atoms with Crippen LogP contribution in [0.4, 0.5) is 0 Å². The van der Waals surface area contributed by atoms with E-state index >= 15 is 0 Å². The van der Waals surface area contributed by atoms with Gasteiger partial charge in [0.05, 0.1) is 56.7 Å². The van der Waals surface area contributed by atoms with Crippen molar-refractivity contribution in [1.29, 1.82) is 0 Å². The number of hydrogen-bond donors (Lipinski definition) is 23. The zero-order valence-electron chi connectivity index (χ0n) is 46.7. The molecule has 480 valence electrons. The topological polar surface area (TPSA) is 596 Å². The number of carboxylic acid groups (broad SMARTS) is 1. The Hall–Kier alpha value is -6.88. The van der Waals surface area contributed by atoms with Gasteiger partial charge < -0.3 is 134 Å². The minimum absolute atomic E-state index is 0.193. The van der Waals surface area contributed by atoms with E-state index in [0.29, 0.717) is 0 Å². The van der Waals surface area contributed by atoms with E-state index in [2.05, 4.69) is 47.9 Å². The number of nitrogens with two attached hydrogens (primary N) is 1. The number of rotatable bonds is 30. The minimum atomic E-state index is -2.29. The summed E-state index contributed by atoms with van der Waals surface area (Å²) in [6.45, 7) is 3.14. The monoisotopic (exact) mass is 1220 g/mol. The molecular weight excluding hydrogens is 1140 g/mol. The predicted octanol–water partition coefficient (Wildman–Crippen LogP) is -12.5. The second kappa shape index (κ2) is 33.1. The van der Waals surface area contributed by atoms with E-state index in [1.807, 2.05) is 0 Å². The summed E-state index contributed by atoms with van der Waals surface area (Å²) < 4.78 is 16.9. The fraction of sp³-hybridized carbons (Fsp3) is 0.673. The van der Waals surface area contributed by atoms with Crippen LogP contribution in [-0.4, -0.2) is 279 Å². The van der Waals surface area contributed by atoms with E-state index in [0.717, 1.165) is 34.6 Å². The Bertz CT molecular complexity index is 2460. The van der Waals surface area contributed by atoms with E-state index in [1.165, 1.54) is 31.2 Å². The lowest BCUT2D eigenvalue weighted by atomic mass is 9.94. The summed E-state index contributed by atoms with van der Waals surface area (Å²) >= 11 is 0. The molecular formula is C49H78N10O26. The van der Waals surface area contributed by atoms with Crippen molar-refractivity contribution in [2.75, 3.05) is 19.8 Å². The van der Waals surface area contributed by atoms with Crippen LogP contribution in [0.3, 0.4) is 0 Å². The van der Waals surface area contributed by atoms with Gasteiger partial charge in [-0.1, -0.05) is 12.1 Å². The van der Waals surface area contributed by atoms with Crippen molar-refractivity contribution in [2.24, 2.45) is 5.73 Å². The molecule has 0 bridgehead atoms. The van der Waals surface area contributed by atoms with Crippen LogP contribution in [0.15, 0.2) is 24.3 Å². The van der Waals surface area contributed by atoms with Gasteiger partial charge in [0.2, 0.25) is 53.2 Å². The van der Waals surface area contributed by atoms with Crippen LogP contribution in [-0.2, 0) is 68.6 Å². The quantitative estimate of drug-likeness (QED) is 0.0340. The molecule has 22 atom stereocenters. The number of hydrogen-bond acceptors (Lipinski definition) is 26. The van der Waals surface area contributed by atoms with Crippen molar-refractivity contribution in [3.63, 3.8) is 0 Å². The molecule has 2 aliphatic heterocycles. The second-order valence-corrected chi connectivity index (χ2v) is 20.3. The number of aliphatic carboxylic acids is 1. The number of ether oxygens (including phenoxy) is 3. The summed E-state index contributed by atoms with van der Waals surface area (Å²) in [6, 6.07) is -12.2. The number of carboxylic acids is 1. The summed E-state index contributed by atoms with van der Waals surface area (Å²) in [5, 5.41) is 154. The molecule has 2 saturated heterocycles. The summed E-state index contributed by atoms with van der Waals surface area (Å²) in [5.41, 5.74) is 5.69. The standard InChI is InChI=1S/C49H78N10O26/c1-16(50)40(74)54-26(13-60)43(77)56-31(18(3)64)45(79)58-32(19(4)65)46(80)57-30(17(2)63)44(78)53-25(41(75)52-24(11-22-7-9-23(68)10-8-22)42(76)59-33(20(5)66)48(81)82)12-29(69)55-47-34(51-21(6)67)39(36(71)28(15-62)83-47)85-49-38(73)37(72)35(70)27(14-61)84-49/h7-10,16-20,24-28,30-39,47,49,60-66,68,70-73H,11-15,50H2,1-6H3,(H,51,67)(H,52,75)(H,53,78)(H,54,74)(H,55,69)(H,56,77)(H,57,80)(H,58,79)(H,59,76)(H,81,82)/t16-,17+,18+,19+,20+,24-,25-,26-,27+,28+,30-,31-,32-,33-,34+,35-,36+,37-,38+,39+,47+,49-/m0/s1. The lowest BCUT2D eigenvalue weighted by Crippen LogP contribution is -2.70. The molecule has 36 heteroatoms. The molecule has 3 rings (SSSR count). The van der Waals surface area contributed by atoms with Crippen LogP contribution in [0, 0.1) is 0 Å². The average Bonchev–Trinajstić information content (AvgIpc) is 2.34. The van der Waals surface area contributed by atoms with Gasteiger partial charge in [0.15, 0.2) is 18.6 Å². The zero-order chi connectivity index (χ0) is 64.5. The number of amides is 9. The molecule has 2 fully saturated rings. The Morgan fingerprint density at radius 3 is 1.45 bits per heavy atom. The zero-order valence-corrected chi connectivity index (χ0v) is 46.7. The van der Waals surface area contributed by atoms with Gasteiger partial charge in [-0.25, -0.2) is 4.79 Å². The smallest absolute Gasteiger partial charge is 0.328 e. The maximum atomic E-state index is 14.6. The molecule has 85 heavy (non-hydrogen) atoms. The third-order valence-electron chi connectivity index (χ3n) is 13.2. The minimum Gasteiger partial charge on any atom is -0.508 e. The number of phenolic OH excluding ortho intramolecular Hbond substituents is 1. The first kappa shape index (κ1) is 72.4. The van der Waals surface area contributed by atoms with Crippen molar-refractivity contribution >= 4 is 59.1 Å². The Kier molecular flexibility index (Phi) is 28.2. The number of carbonyl (C=O) groups is 10. The predicted molar refractivity (Wildman–Crippen MR) is 281 cm³/mol. The molecule has 0 aromatic heterocycles. The molecule has 0 radical (unpaired) electrons. The van der Waals surface area contributed by atoms with Crippen molar-refractivity contribution in [1.82, 2.24) is 47.9 Å². The lowest BCUT2D eigenvalue weighted by molar-refractivity contribution is -0.332. The second-order valence-electron chi connectivity index (χ2n) is 20.3. The van der Waals surface area contributed by atoms with Crippen molar-refractivity contribution in [3.05, 3.63) is 29.8 Å². The third-order valence-corrected chi connectivity index (χ3v) is 13.2. The molecule has 0 saturated carbocycles. The fourth-order valence-electron chi connectivity index (χ4n) is 8.44. The molecule has 0 spiro atoms. The van der Waals surface area contributed by atoms with E-state index in [4.69, 9.17) is 19.9 Å². The van der Waals surface area contributed by atoms with Crippen LogP contribution < -0.4 is 53.6 Å². The van der Waals surface area contributed by atoms with Crippen LogP contribution >= 0.6 is 0 Å². The van der Waals surface area contributed by atoms with Crippen molar-refractivity contribution in [2.45, 2.75) is 188 Å². The van der Waals surface area contributed by atoms with Gasteiger partial charge in [-0.2, -0.15) is 0 Å². The van der Waals surface area contributed by atoms with E-state index in [1.54, 1.807) is 0 Å². The highest BCUT2D eigenvalue weighted by Crippen LogP contribution is 2.29. The Labute approximate surface area is 484 Å². The first-order valence-electron chi connectivity index (χ1n) is 26.4. The third kappa shape index (κ3) is 20.7. The van der Waals surface area contributed by atoms with Gasteiger partial charge >= 0.3 is 5.97 Å². The first-order chi connectivity index (χ1) is 39.7. The van der Waals surface area contributed by atoms with Crippen LogP contribution in [0.25, 0.3) is 0 Å². The van der Waals surface area contributed by atoms with E-state index < -0.39 is 226 Å². The fourth-order valence-corrected chi connectivity index (χ4v) is 8.44. The maximum Gasteiger partial charge on any atom is 0.328 e. The summed E-state index contributed by atoms with van der Waals surface area (Å²) in [4.78, 5) is 134. The lowest BCUT2D eigenvalue weighted by Gasteiger charge is -2.47. The Balaban J connectivity index is 2.09. The molecule has 24 N–H and O–H groups in total. The van der Waals surface area contributed by atoms with Crippen LogP contribution in [0.1, 0.15) is 53.5 Å². The van der Waals surface area contributed by atoms with Gasteiger partial charge in [-0.15, -0.1) is 0 Å². The number of benzene rings is 1. The molecule has 0 aliphatic carbocycles. The molecule has 2 heterocycles.